The van der Waals surface area contributed by atoms with Crippen LogP contribution < -0.4 is 0 Å². The minimum atomic E-state index is -4.44. The second-order valence-electron chi connectivity index (χ2n) is 7.16. The zero-order valence-electron chi connectivity index (χ0n) is 15.4. The lowest BCUT2D eigenvalue weighted by atomic mass is 9.89. The Labute approximate surface area is 164 Å². The number of nitrogens with zero attached hydrogens (tertiary/aromatic N) is 2. The molecule has 2 aromatic carbocycles. The molecule has 5 nitrogen and oxygen atoms in total. The smallest absolute Gasteiger partial charge is 0.345 e. The van der Waals surface area contributed by atoms with Gasteiger partial charge in [-0.25, -0.2) is 4.98 Å². The van der Waals surface area contributed by atoms with E-state index in [0.717, 1.165) is 23.2 Å². The van der Waals surface area contributed by atoms with Crippen molar-refractivity contribution in [1.29, 1.82) is 0 Å². The summed E-state index contributed by atoms with van der Waals surface area (Å²) in [6, 6.07) is 9.43. The van der Waals surface area contributed by atoms with Crippen LogP contribution in [0.1, 0.15) is 39.1 Å². The molecule has 29 heavy (non-hydrogen) atoms. The van der Waals surface area contributed by atoms with Crippen molar-refractivity contribution in [3.8, 4) is 0 Å². The van der Waals surface area contributed by atoms with Crippen molar-refractivity contribution in [2.24, 2.45) is 5.92 Å². The Morgan fingerprint density at radius 2 is 1.79 bits per heavy atom. The van der Waals surface area contributed by atoms with Crippen LogP contribution in [-0.4, -0.2) is 39.6 Å². The number of carbonyl (C=O) groups is 2. The first-order valence-electron chi connectivity index (χ1n) is 9.27. The van der Waals surface area contributed by atoms with Crippen LogP contribution in [0.25, 0.3) is 11.0 Å². The number of fused-ring (bicyclic) bond motifs is 1. The van der Waals surface area contributed by atoms with E-state index in [4.69, 9.17) is 0 Å². The minimum Gasteiger partial charge on any atom is -0.345 e. The van der Waals surface area contributed by atoms with E-state index >= 15 is 0 Å². The molecule has 1 atom stereocenters. The standard InChI is InChI=1S/C21H18F3N3O2/c22-21(23,24)16-6-3-13(4-7-16)19(28)15-2-1-9-27(11-15)20(29)14-5-8-17-18(10-14)26-12-25-17/h3-8,10,12,15H,1-2,9,11H2,(H,25,26). The number of aromatic amines is 1. The summed E-state index contributed by atoms with van der Waals surface area (Å²) >= 11 is 0. The van der Waals surface area contributed by atoms with E-state index in [-0.39, 0.29) is 23.8 Å². The average molecular weight is 401 g/mol. The molecular weight excluding hydrogens is 383 g/mol. The molecule has 1 amide bonds. The molecule has 1 aromatic heterocycles. The number of nitrogens with one attached hydrogen (secondary N) is 1. The summed E-state index contributed by atoms with van der Waals surface area (Å²) in [5.41, 5.74) is 1.46. The molecule has 2 heterocycles. The van der Waals surface area contributed by atoms with Gasteiger partial charge in [0.15, 0.2) is 5.78 Å². The topological polar surface area (TPSA) is 66.1 Å². The lowest BCUT2D eigenvalue weighted by Gasteiger charge is -2.32. The van der Waals surface area contributed by atoms with Gasteiger partial charge in [-0.05, 0) is 43.2 Å². The number of Topliss-reactive ketones (excluding diaryl/α,β-unsaturated/α-hetero) is 1. The van der Waals surface area contributed by atoms with E-state index < -0.39 is 17.7 Å². The number of piperidine rings is 1. The van der Waals surface area contributed by atoms with Crippen LogP contribution >= 0.6 is 0 Å². The molecule has 0 radical (unpaired) electrons. The molecule has 1 N–H and O–H groups in total. The second-order valence-corrected chi connectivity index (χ2v) is 7.16. The van der Waals surface area contributed by atoms with E-state index in [9.17, 15) is 22.8 Å². The first-order chi connectivity index (χ1) is 13.8. The minimum absolute atomic E-state index is 0.175. The van der Waals surface area contributed by atoms with Crippen molar-refractivity contribution in [3.05, 3.63) is 65.5 Å². The zero-order valence-corrected chi connectivity index (χ0v) is 15.4. The molecule has 1 saturated heterocycles. The zero-order chi connectivity index (χ0) is 20.6. The van der Waals surface area contributed by atoms with Crippen molar-refractivity contribution in [3.63, 3.8) is 0 Å². The number of benzene rings is 2. The third-order valence-corrected chi connectivity index (χ3v) is 5.24. The summed E-state index contributed by atoms with van der Waals surface area (Å²) in [4.78, 5) is 34.4. The van der Waals surface area contributed by atoms with Crippen molar-refractivity contribution in [1.82, 2.24) is 14.9 Å². The molecule has 0 spiro atoms. The molecule has 1 unspecified atom stereocenters. The van der Waals surface area contributed by atoms with Gasteiger partial charge in [-0.3, -0.25) is 9.59 Å². The van der Waals surface area contributed by atoms with Gasteiger partial charge in [-0.2, -0.15) is 13.2 Å². The van der Waals surface area contributed by atoms with Gasteiger partial charge in [-0.1, -0.05) is 12.1 Å². The van der Waals surface area contributed by atoms with Gasteiger partial charge in [0.1, 0.15) is 0 Å². The number of hydrogen-bond acceptors (Lipinski definition) is 3. The Morgan fingerprint density at radius 3 is 2.52 bits per heavy atom. The maximum atomic E-state index is 12.9. The fourth-order valence-corrected chi connectivity index (χ4v) is 3.69. The van der Waals surface area contributed by atoms with Crippen LogP contribution in [0.5, 0.6) is 0 Å². The number of aromatic nitrogens is 2. The number of hydrogen-bond donors (Lipinski definition) is 1. The van der Waals surface area contributed by atoms with Gasteiger partial charge in [0.25, 0.3) is 5.91 Å². The Balaban J connectivity index is 1.48. The van der Waals surface area contributed by atoms with Crippen LogP contribution in [0.4, 0.5) is 13.2 Å². The molecule has 3 aromatic rings. The summed E-state index contributed by atoms with van der Waals surface area (Å²) in [6.45, 7) is 0.788. The van der Waals surface area contributed by atoms with Gasteiger partial charge < -0.3 is 9.88 Å². The maximum absolute atomic E-state index is 12.9. The molecule has 1 fully saturated rings. The summed E-state index contributed by atoms with van der Waals surface area (Å²) < 4.78 is 38.2. The van der Waals surface area contributed by atoms with Crippen LogP contribution in [-0.2, 0) is 6.18 Å². The number of halogens is 3. The fraction of sp³-hybridized carbons (Fsp3) is 0.286. The number of likely N-dealkylation sites (tertiary alicyclic amines) is 1. The normalized spacial score (nSPS) is 17.5. The Morgan fingerprint density at radius 1 is 1.07 bits per heavy atom. The van der Waals surface area contributed by atoms with Crippen LogP contribution in [0.2, 0.25) is 0 Å². The van der Waals surface area contributed by atoms with Crippen molar-refractivity contribution >= 4 is 22.7 Å². The summed E-state index contributed by atoms with van der Waals surface area (Å²) in [5.74, 6) is -0.841. The number of amides is 1. The number of H-pyrrole nitrogens is 1. The predicted octanol–water partition coefficient (Wildman–Crippen LogP) is 4.32. The van der Waals surface area contributed by atoms with Gasteiger partial charge >= 0.3 is 6.18 Å². The first-order valence-corrected chi connectivity index (χ1v) is 9.27. The summed E-state index contributed by atoms with van der Waals surface area (Å²) in [6.07, 6.45) is -1.62. The Hall–Kier alpha value is -3.16. The van der Waals surface area contributed by atoms with Gasteiger partial charge in [-0.15, -0.1) is 0 Å². The third-order valence-electron chi connectivity index (χ3n) is 5.24. The SMILES string of the molecule is O=C(c1ccc(C(F)(F)F)cc1)C1CCCN(C(=O)c2ccc3nc[nH]c3c2)C1. The predicted molar refractivity (Wildman–Crippen MR) is 100 cm³/mol. The highest BCUT2D eigenvalue weighted by atomic mass is 19.4. The van der Waals surface area contributed by atoms with E-state index in [1.54, 1.807) is 29.4 Å². The maximum Gasteiger partial charge on any atom is 0.416 e. The highest BCUT2D eigenvalue weighted by molar-refractivity contribution is 6.00. The number of ketones is 1. The van der Waals surface area contributed by atoms with E-state index in [1.807, 2.05) is 0 Å². The molecule has 0 aliphatic carbocycles. The summed E-state index contributed by atoms with van der Waals surface area (Å²) in [5, 5.41) is 0. The fourth-order valence-electron chi connectivity index (χ4n) is 3.69. The molecule has 150 valence electrons. The second kappa shape index (κ2) is 7.35. The van der Waals surface area contributed by atoms with E-state index in [2.05, 4.69) is 9.97 Å². The average Bonchev–Trinajstić information content (AvgIpc) is 3.20. The van der Waals surface area contributed by atoms with Crippen molar-refractivity contribution < 1.29 is 22.8 Å². The molecule has 0 saturated carbocycles. The molecular formula is C21H18F3N3O2. The highest BCUT2D eigenvalue weighted by Gasteiger charge is 2.32. The quantitative estimate of drug-likeness (QED) is 0.665. The monoisotopic (exact) mass is 401 g/mol. The lowest BCUT2D eigenvalue weighted by Crippen LogP contribution is -2.42. The largest absolute Gasteiger partial charge is 0.416 e. The Kier molecular flexibility index (Phi) is 4.86. The highest BCUT2D eigenvalue weighted by Crippen LogP contribution is 2.30. The molecule has 1 aliphatic heterocycles. The van der Waals surface area contributed by atoms with Crippen molar-refractivity contribution in [2.75, 3.05) is 13.1 Å². The van der Waals surface area contributed by atoms with E-state index in [1.165, 1.54) is 12.1 Å². The van der Waals surface area contributed by atoms with Gasteiger partial charge in [0.2, 0.25) is 0 Å². The van der Waals surface area contributed by atoms with E-state index in [0.29, 0.717) is 24.9 Å². The van der Waals surface area contributed by atoms with Crippen LogP contribution in [0, 0.1) is 5.92 Å². The number of imidazole rings is 1. The van der Waals surface area contributed by atoms with Crippen LogP contribution in [0.3, 0.4) is 0 Å². The molecule has 4 rings (SSSR count). The molecule has 0 bridgehead atoms. The van der Waals surface area contributed by atoms with Gasteiger partial charge in [0, 0.05) is 30.1 Å². The lowest BCUT2D eigenvalue weighted by molar-refractivity contribution is -0.137. The molecule has 1 aliphatic rings. The molecule has 8 heteroatoms. The van der Waals surface area contributed by atoms with Gasteiger partial charge in [0.05, 0.1) is 22.9 Å². The van der Waals surface area contributed by atoms with Crippen LogP contribution in [0.15, 0.2) is 48.8 Å². The third kappa shape index (κ3) is 3.87. The number of rotatable bonds is 3. The Bertz CT molecular complexity index is 1060. The number of alkyl halides is 3. The summed E-state index contributed by atoms with van der Waals surface area (Å²) in [7, 11) is 0. The van der Waals surface area contributed by atoms with Crippen molar-refractivity contribution in [2.45, 2.75) is 19.0 Å². The number of carbonyl (C=O) groups excluding carboxylic acids is 2. The first kappa shape index (κ1) is 19.2.